The zero-order valence-electron chi connectivity index (χ0n) is 17.1. The standard InChI is InChI=1S/C21H34N4O3/c1-27-14-12-24-10-6-18(7-11-24)16-25(17-20-3-2-13-28-20)21(26)5-4-19-15-22-8-9-23-19/h8-9,15,18,20H,2-7,10-14,16-17H2,1H3. The molecule has 28 heavy (non-hydrogen) atoms. The summed E-state index contributed by atoms with van der Waals surface area (Å²) in [5, 5.41) is 0. The van der Waals surface area contributed by atoms with Gasteiger partial charge in [-0.25, -0.2) is 0 Å². The molecule has 0 aromatic carbocycles. The van der Waals surface area contributed by atoms with Gasteiger partial charge in [0.1, 0.15) is 0 Å². The van der Waals surface area contributed by atoms with Gasteiger partial charge in [0.2, 0.25) is 5.91 Å². The minimum Gasteiger partial charge on any atom is -0.383 e. The van der Waals surface area contributed by atoms with E-state index in [4.69, 9.17) is 9.47 Å². The maximum absolute atomic E-state index is 13.0. The molecule has 0 saturated carbocycles. The fourth-order valence-electron chi connectivity index (χ4n) is 4.09. The van der Waals surface area contributed by atoms with E-state index in [1.165, 1.54) is 0 Å². The SMILES string of the molecule is COCCN1CCC(CN(CC2CCCO2)C(=O)CCc2cnccn2)CC1. The fraction of sp³-hybridized carbons (Fsp3) is 0.762. The van der Waals surface area contributed by atoms with E-state index in [2.05, 4.69) is 19.8 Å². The highest BCUT2D eigenvalue weighted by atomic mass is 16.5. The Labute approximate surface area is 168 Å². The molecule has 1 atom stereocenters. The third-order valence-corrected chi connectivity index (χ3v) is 5.81. The van der Waals surface area contributed by atoms with Crippen molar-refractivity contribution in [3.8, 4) is 0 Å². The fourth-order valence-corrected chi connectivity index (χ4v) is 4.09. The van der Waals surface area contributed by atoms with E-state index in [-0.39, 0.29) is 12.0 Å². The van der Waals surface area contributed by atoms with Crippen LogP contribution in [-0.4, -0.2) is 84.8 Å². The summed E-state index contributed by atoms with van der Waals surface area (Å²) in [6, 6.07) is 0. The van der Waals surface area contributed by atoms with Gasteiger partial charge in [-0.15, -0.1) is 0 Å². The van der Waals surface area contributed by atoms with Gasteiger partial charge in [-0.2, -0.15) is 0 Å². The molecule has 1 amide bonds. The number of aromatic nitrogens is 2. The average Bonchev–Trinajstić information content (AvgIpc) is 3.25. The molecule has 2 saturated heterocycles. The van der Waals surface area contributed by atoms with Crippen molar-refractivity contribution in [2.75, 3.05) is 53.0 Å². The molecule has 156 valence electrons. The van der Waals surface area contributed by atoms with Crippen LogP contribution < -0.4 is 0 Å². The summed E-state index contributed by atoms with van der Waals surface area (Å²) < 4.78 is 11.0. The van der Waals surface area contributed by atoms with Gasteiger partial charge in [0.25, 0.3) is 0 Å². The minimum atomic E-state index is 0.197. The van der Waals surface area contributed by atoms with Crippen molar-refractivity contribution >= 4 is 5.91 Å². The van der Waals surface area contributed by atoms with Crippen molar-refractivity contribution in [2.24, 2.45) is 5.92 Å². The summed E-state index contributed by atoms with van der Waals surface area (Å²) in [5.74, 6) is 0.781. The number of aryl methyl sites for hydroxylation is 1. The van der Waals surface area contributed by atoms with Gasteiger partial charge in [0.05, 0.1) is 18.4 Å². The largest absolute Gasteiger partial charge is 0.383 e. The maximum atomic E-state index is 13.0. The summed E-state index contributed by atoms with van der Waals surface area (Å²) in [7, 11) is 1.75. The summed E-state index contributed by atoms with van der Waals surface area (Å²) in [5.41, 5.74) is 0.874. The van der Waals surface area contributed by atoms with Crippen molar-refractivity contribution in [1.29, 1.82) is 0 Å². The molecule has 7 nitrogen and oxygen atoms in total. The van der Waals surface area contributed by atoms with Gasteiger partial charge in [-0.3, -0.25) is 14.8 Å². The first kappa shape index (κ1) is 21.1. The molecule has 0 spiro atoms. The minimum absolute atomic E-state index is 0.197. The van der Waals surface area contributed by atoms with Crippen LogP contribution in [0.4, 0.5) is 0 Å². The molecule has 7 heteroatoms. The molecule has 0 N–H and O–H groups in total. The first-order valence-corrected chi connectivity index (χ1v) is 10.6. The Kier molecular flexibility index (Phi) is 8.64. The van der Waals surface area contributed by atoms with E-state index in [0.717, 1.165) is 77.3 Å². The molecule has 0 bridgehead atoms. The van der Waals surface area contributed by atoms with Crippen LogP contribution in [0.25, 0.3) is 0 Å². The normalized spacial score (nSPS) is 21.1. The van der Waals surface area contributed by atoms with Crippen LogP contribution in [0.15, 0.2) is 18.6 Å². The highest BCUT2D eigenvalue weighted by Gasteiger charge is 2.27. The monoisotopic (exact) mass is 390 g/mol. The summed E-state index contributed by atoms with van der Waals surface area (Å²) in [6.45, 7) is 6.37. The Hall–Kier alpha value is -1.57. The Bertz CT molecular complexity index is 572. The number of rotatable bonds is 10. The average molecular weight is 391 g/mol. The lowest BCUT2D eigenvalue weighted by Crippen LogP contribution is -2.44. The smallest absolute Gasteiger partial charge is 0.223 e. The lowest BCUT2D eigenvalue weighted by atomic mass is 9.95. The Morgan fingerprint density at radius 2 is 2.14 bits per heavy atom. The number of likely N-dealkylation sites (tertiary alicyclic amines) is 1. The highest BCUT2D eigenvalue weighted by molar-refractivity contribution is 5.76. The third kappa shape index (κ3) is 6.79. The second-order valence-corrected chi connectivity index (χ2v) is 7.91. The molecule has 2 fully saturated rings. The molecule has 1 unspecified atom stereocenters. The van der Waals surface area contributed by atoms with E-state index < -0.39 is 0 Å². The molecule has 2 aliphatic rings. The van der Waals surface area contributed by atoms with Gasteiger partial charge in [0, 0.05) is 58.4 Å². The number of carbonyl (C=O) groups is 1. The molecule has 0 radical (unpaired) electrons. The number of hydrogen-bond acceptors (Lipinski definition) is 6. The lowest BCUT2D eigenvalue weighted by Gasteiger charge is -2.35. The van der Waals surface area contributed by atoms with Crippen LogP contribution in [0.5, 0.6) is 0 Å². The second kappa shape index (κ2) is 11.4. The van der Waals surface area contributed by atoms with Gasteiger partial charge in [-0.05, 0) is 51.1 Å². The zero-order chi connectivity index (χ0) is 19.6. The number of ether oxygens (including phenoxy) is 2. The number of piperidine rings is 1. The van der Waals surface area contributed by atoms with Crippen LogP contribution >= 0.6 is 0 Å². The number of methoxy groups -OCH3 is 1. The van der Waals surface area contributed by atoms with Gasteiger partial charge >= 0.3 is 0 Å². The van der Waals surface area contributed by atoms with E-state index in [9.17, 15) is 4.79 Å². The first-order chi connectivity index (χ1) is 13.7. The van der Waals surface area contributed by atoms with Crippen LogP contribution in [0.1, 0.15) is 37.8 Å². The van der Waals surface area contributed by atoms with Crippen LogP contribution in [0, 0.1) is 5.92 Å². The Balaban J connectivity index is 1.50. The topological polar surface area (TPSA) is 67.8 Å². The van der Waals surface area contributed by atoms with Crippen molar-refractivity contribution < 1.29 is 14.3 Å². The Morgan fingerprint density at radius 1 is 1.29 bits per heavy atom. The van der Waals surface area contributed by atoms with E-state index >= 15 is 0 Å². The predicted molar refractivity (Wildman–Crippen MR) is 107 cm³/mol. The number of carbonyl (C=O) groups excluding carboxylic acids is 1. The van der Waals surface area contributed by atoms with E-state index in [0.29, 0.717) is 18.8 Å². The van der Waals surface area contributed by atoms with Crippen LogP contribution in [0.3, 0.4) is 0 Å². The van der Waals surface area contributed by atoms with E-state index in [1.54, 1.807) is 25.7 Å². The molecule has 1 aromatic heterocycles. The molecule has 0 aliphatic carbocycles. The van der Waals surface area contributed by atoms with Crippen molar-refractivity contribution in [3.05, 3.63) is 24.3 Å². The third-order valence-electron chi connectivity index (χ3n) is 5.81. The number of nitrogens with zero attached hydrogens (tertiary/aromatic N) is 4. The predicted octanol–water partition coefficient (Wildman–Crippen LogP) is 1.78. The lowest BCUT2D eigenvalue weighted by molar-refractivity contribution is -0.133. The van der Waals surface area contributed by atoms with Gasteiger partial charge in [-0.1, -0.05) is 0 Å². The summed E-state index contributed by atoms with van der Waals surface area (Å²) in [6.07, 6.45) is 10.9. The molecule has 3 rings (SSSR count). The van der Waals surface area contributed by atoms with Crippen molar-refractivity contribution in [1.82, 2.24) is 19.8 Å². The molecular weight excluding hydrogens is 356 g/mol. The zero-order valence-corrected chi connectivity index (χ0v) is 17.1. The number of amides is 1. The summed E-state index contributed by atoms with van der Waals surface area (Å²) >= 11 is 0. The quantitative estimate of drug-likeness (QED) is 0.607. The number of hydrogen-bond donors (Lipinski definition) is 0. The van der Waals surface area contributed by atoms with Crippen molar-refractivity contribution in [2.45, 2.75) is 44.6 Å². The molecule has 3 heterocycles. The molecule has 1 aromatic rings. The van der Waals surface area contributed by atoms with Crippen LogP contribution in [0.2, 0.25) is 0 Å². The van der Waals surface area contributed by atoms with Gasteiger partial charge < -0.3 is 19.3 Å². The van der Waals surface area contributed by atoms with Crippen LogP contribution in [-0.2, 0) is 20.7 Å². The second-order valence-electron chi connectivity index (χ2n) is 7.91. The molecule has 2 aliphatic heterocycles. The molecular formula is C21H34N4O3. The highest BCUT2D eigenvalue weighted by Crippen LogP contribution is 2.21. The van der Waals surface area contributed by atoms with Crippen molar-refractivity contribution in [3.63, 3.8) is 0 Å². The Morgan fingerprint density at radius 3 is 2.82 bits per heavy atom. The van der Waals surface area contributed by atoms with Gasteiger partial charge in [0.15, 0.2) is 0 Å². The first-order valence-electron chi connectivity index (χ1n) is 10.6. The van der Waals surface area contributed by atoms with E-state index in [1.807, 2.05) is 0 Å². The maximum Gasteiger partial charge on any atom is 0.223 e. The summed E-state index contributed by atoms with van der Waals surface area (Å²) in [4.78, 5) is 25.9.